The normalized spacial score (nSPS) is 20.7. The first-order chi connectivity index (χ1) is 9.89. The number of carbonyl (C=O) groups is 2. The van der Waals surface area contributed by atoms with Crippen LogP contribution in [0.25, 0.3) is 0 Å². The minimum atomic E-state index is -0.537. The highest BCUT2D eigenvalue weighted by atomic mass is 16.5. The standard InChI is InChI=1S/C15H29N3O3/c1-11(13(19)17-8-9-21-4)18-14(20)15(2,3)12-6-5-7-16-10-12/h11-12,16H,5-10H2,1-4H3,(H,17,19)(H,18,20). The molecule has 0 radical (unpaired) electrons. The molecule has 0 spiro atoms. The van der Waals surface area contributed by atoms with Gasteiger partial charge in [0, 0.05) is 19.1 Å². The van der Waals surface area contributed by atoms with E-state index in [2.05, 4.69) is 16.0 Å². The van der Waals surface area contributed by atoms with Crippen LogP contribution in [0.1, 0.15) is 33.6 Å². The van der Waals surface area contributed by atoms with E-state index in [0.717, 1.165) is 25.9 Å². The van der Waals surface area contributed by atoms with Gasteiger partial charge in [0.25, 0.3) is 0 Å². The minimum absolute atomic E-state index is 0.0643. The predicted molar refractivity (Wildman–Crippen MR) is 81.9 cm³/mol. The molecule has 2 atom stereocenters. The van der Waals surface area contributed by atoms with E-state index in [-0.39, 0.29) is 11.8 Å². The molecule has 1 saturated heterocycles. The van der Waals surface area contributed by atoms with Gasteiger partial charge in [-0.1, -0.05) is 13.8 Å². The maximum atomic E-state index is 12.5. The van der Waals surface area contributed by atoms with Crippen molar-refractivity contribution in [1.82, 2.24) is 16.0 Å². The van der Waals surface area contributed by atoms with E-state index in [0.29, 0.717) is 19.1 Å². The van der Waals surface area contributed by atoms with Gasteiger partial charge in [0.15, 0.2) is 0 Å². The molecule has 1 aliphatic heterocycles. The van der Waals surface area contributed by atoms with E-state index < -0.39 is 11.5 Å². The molecule has 3 N–H and O–H groups in total. The smallest absolute Gasteiger partial charge is 0.242 e. The van der Waals surface area contributed by atoms with Crippen molar-refractivity contribution in [2.75, 3.05) is 33.4 Å². The van der Waals surface area contributed by atoms with Gasteiger partial charge in [-0.25, -0.2) is 0 Å². The molecule has 0 aromatic rings. The van der Waals surface area contributed by atoms with E-state index in [4.69, 9.17) is 4.74 Å². The second-order valence-corrected chi connectivity index (χ2v) is 6.24. The quantitative estimate of drug-likeness (QED) is 0.590. The Morgan fingerprint density at radius 2 is 2.14 bits per heavy atom. The topological polar surface area (TPSA) is 79.5 Å². The van der Waals surface area contributed by atoms with Crippen LogP contribution in [-0.4, -0.2) is 51.2 Å². The van der Waals surface area contributed by atoms with Gasteiger partial charge in [-0.2, -0.15) is 0 Å². The molecule has 0 bridgehead atoms. The van der Waals surface area contributed by atoms with Crippen molar-refractivity contribution in [3.63, 3.8) is 0 Å². The Labute approximate surface area is 127 Å². The van der Waals surface area contributed by atoms with E-state index in [1.54, 1.807) is 14.0 Å². The summed E-state index contributed by atoms with van der Waals surface area (Å²) < 4.78 is 4.88. The summed E-state index contributed by atoms with van der Waals surface area (Å²) >= 11 is 0. The van der Waals surface area contributed by atoms with Gasteiger partial charge in [0.05, 0.1) is 6.61 Å². The van der Waals surface area contributed by atoms with Crippen molar-refractivity contribution in [1.29, 1.82) is 0 Å². The molecule has 21 heavy (non-hydrogen) atoms. The molecule has 6 heteroatoms. The van der Waals surface area contributed by atoms with Crippen LogP contribution in [0.15, 0.2) is 0 Å². The molecule has 1 aliphatic rings. The second-order valence-electron chi connectivity index (χ2n) is 6.24. The van der Waals surface area contributed by atoms with Crippen LogP contribution in [0.5, 0.6) is 0 Å². The number of carbonyl (C=O) groups excluding carboxylic acids is 2. The van der Waals surface area contributed by atoms with Gasteiger partial charge in [-0.05, 0) is 38.8 Å². The largest absolute Gasteiger partial charge is 0.383 e. The number of ether oxygens (including phenoxy) is 1. The summed E-state index contributed by atoms with van der Waals surface area (Å²) in [5, 5.41) is 8.89. The van der Waals surface area contributed by atoms with Crippen LogP contribution >= 0.6 is 0 Å². The fourth-order valence-electron chi connectivity index (χ4n) is 2.53. The third-order valence-electron chi connectivity index (χ3n) is 4.25. The Bertz CT molecular complexity index is 352. The lowest BCUT2D eigenvalue weighted by atomic mass is 9.74. The molecule has 122 valence electrons. The molecule has 1 rings (SSSR count). The number of hydrogen-bond acceptors (Lipinski definition) is 4. The summed E-state index contributed by atoms with van der Waals surface area (Å²) in [6, 6.07) is -0.537. The van der Waals surface area contributed by atoms with Crippen LogP contribution < -0.4 is 16.0 Å². The second kappa shape index (κ2) is 8.34. The van der Waals surface area contributed by atoms with Crippen molar-refractivity contribution in [3.05, 3.63) is 0 Å². The van der Waals surface area contributed by atoms with Crippen LogP contribution in [0.2, 0.25) is 0 Å². The van der Waals surface area contributed by atoms with Gasteiger partial charge in [-0.3, -0.25) is 9.59 Å². The maximum Gasteiger partial charge on any atom is 0.242 e. The molecule has 2 amide bonds. The summed E-state index contributed by atoms with van der Waals surface area (Å²) in [5.41, 5.74) is -0.478. The van der Waals surface area contributed by atoms with Crippen molar-refractivity contribution in [3.8, 4) is 0 Å². The predicted octanol–water partition coefficient (Wildman–Crippen LogP) is 0.280. The summed E-state index contributed by atoms with van der Waals surface area (Å²) in [7, 11) is 1.58. The first-order valence-electron chi connectivity index (χ1n) is 7.68. The molecule has 6 nitrogen and oxygen atoms in total. The minimum Gasteiger partial charge on any atom is -0.383 e. The third kappa shape index (κ3) is 5.28. The van der Waals surface area contributed by atoms with Crippen LogP contribution in [0.4, 0.5) is 0 Å². The molecular weight excluding hydrogens is 270 g/mol. The van der Waals surface area contributed by atoms with Crippen molar-refractivity contribution in [2.24, 2.45) is 11.3 Å². The Hall–Kier alpha value is -1.14. The highest BCUT2D eigenvalue weighted by molar-refractivity contribution is 5.89. The fourth-order valence-corrected chi connectivity index (χ4v) is 2.53. The number of methoxy groups -OCH3 is 1. The number of amides is 2. The van der Waals surface area contributed by atoms with E-state index in [1.165, 1.54) is 0 Å². The monoisotopic (exact) mass is 299 g/mol. The van der Waals surface area contributed by atoms with Crippen molar-refractivity contribution >= 4 is 11.8 Å². The van der Waals surface area contributed by atoms with E-state index >= 15 is 0 Å². The third-order valence-corrected chi connectivity index (χ3v) is 4.25. The lowest BCUT2D eigenvalue weighted by molar-refractivity contribution is -0.136. The summed E-state index contributed by atoms with van der Waals surface area (Å²) in [6.07, 6.45) is 2.14. The average Bonchev–Trinajstić information content (AvgIpc) is 2.48. The summed E-state index contributed by atoms with van der Waals surface area (Å²) in [6.45, 7) is 8.40. The lowest BCUT2D eigenvalue weighted by Crippen LogP contribution is -2.52. The van der Waals surface area contributed by atoms with Gasteiger partial charge < -0.3 is 20.7 Å². The van der Waals surface area contributed by atoms with Crippen LogP contribution in [0, 0.1) is 11.3 Å². The number of piperidine rings is 1. The Kier molecular flexibility index (Phi) is 7.11. The first kappa shape index (κ1) is 17.9. The molecule has 1 fully saturated rings. The van der Waals surface area contributed by atoms with Crippen molar-refractivity contribution in [2.45, 2.75) is 39.7 Å². The number of hydrogen-bond donors (Lipinski definition) is 3. The van der Waals surface area contributed by atoms with Gasteiger partial charge in [0.1, 0.15) is 6.04 Å². The average molecular weight is 299 g/mol. The summed E-state index contributed by atoms with van der Waals surface area (Å²) in [5.74, 6) is 0.0542. The first-order valence-corrected chi connectivity index (χ1v) is 7.68. The Morgan fingerprint density at radius 1 is 1.43 bits per heavy atom. The zero-order valence-electron chi connectivity index (χ0n) is 13.6. The lowest BCUT2D eigenvalue weighted by Gasteiger charge is -2.36. The van der Waals surface area contributed by atoms with Crippen LogP contribution in [-0.2, 0) is 14.3 Å². The van der Waals surface area contributed by atoms with Crippen LogP contribution in [0.3, 0.4) is 0 Å². The molecule has 1 heterocycles. The molecule has 0 aromatic heterocycles. The Balaban J connectivity index is 2.48. The maximum absolute atomic E-state index is 12.5. The molecule has 2 unspecified atom stereocenters. The highest BCUT2D eigenvalue weighted by Crippen LogP contribution is 2.31. The van der Waals surface area contributed by atoms with E-state index in [9.17, 15) is 9.59 Å². The zero-order chi connectivity index (χ0) is 15.9. The van der Waals surface area contributed by atoms with Gasteiger partial charge >= 0.3 is 0 Å². The number of rotatable bonds is 7. The Morgan fingerprint density at radius 3 is 2.71 bits per heavy atom. The molecular formula is C15H29N3O3. The number of nitrogens with one attached hydrogen (secondary N) is 3. The SMILES string of the molecule is COCCNC(=O)C(C)NC(=O)C(C)(C)C1CCCNC1. The fraction of sp³-hybridized carbons (Fsp3) is 0.867. The van der Waals surface area contributed by atoms with Gasteiger partial charge in [-0.15, -0.1) is 0 Å². The molecule has 0 aliphatic carbocycles. The van der Waals surface area contributed by atoms with Gasteiger partial charge in [0.2, 0.25) is 11.8 Å². The van der Waals surface area contributed by atoms with E-state index in [1.807, 2.05) is 13.8 Å². The molecule has 0 saturated carbocycles. The zero-order valence-corrected chi connectivity index (χ0v) is 13.6. The summed E-state index contributed by atoms with van der Waals surface area (Å²) in [4.78, 5) is 24.3. The highest BCUT2D eigenvalue weighted by Gasteiger charge is 2.38. The molecule has 0 aromatic carbocycles. The van der Waals surface area contributed by atoms with Crippen molar-refractivity contribution < 1.29 is 14.3 Å².